The number of aromatic nitrogens is 1. The summed E-state index contributed by atoms with van der Waals surface area (Å²) in [5.74, 6) is -1.11. The number of hydrogen-bond donors (Lipinski definition) is 3. The zero-order valence-corrected chi connectivity index (χ0v) is 11.5. The van der Waals surface area contributed by atoms with Crippen LogP contribution in [0, 0.1) is 6.92 Å². The number of aromatic carboxylic acids is 1. The molecule has 21 heavy (non-hydrogen) atoms. The third kappa shape index (κ3) is 3.64. The van der Waals surface area contributed by atoms with E-state index in [1.807, 2.05) is 6.07 Å². The summed E-state index contributed by atoms with van der Waals surface area (Å²) in [4.78, 5) is 27.2. The predicted octanol–water partition coefficient (Wildman–Crippen LogP) is 1.80. The number of nitrogens with zero attached hydrogens (tertiary/aromatic N) is 1. The van der Waals surface area contributed by atoms with Gasteiger partial charge in [0.1, 0.15) is 5.82 Å². The number of carbonyl (C=O) groups excluding carboxylic acids is 1. The Morgan fingerprint density at radius 1 is 1.24 bits per heavy atom. The van der Waals surface area contributed by atoms with Crippen molar-refractivity contribution in [2.24, 2.45) is 5.73 Å². The van der Waals surface area contributed by atoms with Crippen LogP contribution in [0.5, 0.6) is 0 Å². The van der Waals surface area contributed by atoms with Crippen molar-refractivity contribution in [3.63, 3.8) is 0 Å². The molecule has 0 aliphatic rings. The standard InChI is InChI=1S/C15H15N3O3/c1-9-5-10(8-16)6-13(17-9)18-14(19)11-3-2-4-12(7-11)15(20)21/h2-7H,8,16H2,1H3,(H,20,21)(H,17,18,19). The van der Waals surface area contributed by atoms with Crippen molar-refractivity contribution in [2.75, 3.05) is 5.32 Å². The van der Waals surface area contributed by atoms with Crippen molar-refractivity contribution < 1.29 is 14.7 Å². The van der Waals surface area contributed by atoms with Gasteiger partial charge < -0.3 is 16.2 Å². The smallest absolute Gasteiger partial charge is 0.335 e. The van der Waals surface area contributed by atoms with Crippen LogP contribution >= 0.6 is 0 Å². The molecule has 6 nitrogen and oxygen atoms in total. The van der Waals surface area contributed by atoms with E-state index in [2.05, 4.69) is 10.3 Å². The number of aryl methyl sites for hydroxylation is 1. The first-order chi connectivity index (χ1) is 9.99. The average Bonchev–Trinajstić information content (AvgIpc) is 2.46. The summed E-state index contributed by atoms with van der Waals surface area (Å²) in [6.45, 7) is 2.15. The summed E-state index contributed by atoms with van der Waals surface area (Å²) in [5.41, 5.74) is 7.49. The van der Waals surface area contributed by atoms with Crippen molar-refractivity contribution >= 4 is 17.7 Å². The molecule has 0 aliphatic heterocycles. The lowest BCUT2D eigenvalue weighted by Crippen LogP contribution is -2.14. The van der Waals surface area contributed by atoms with Gasteiger partial charge in [0.05, 0.1) is 5.56 Å². The lowest BCUT2D eigenvalue weighted by atomic mass is 10.1. The molecule has 0 unspecified atom stereocenters. The van der Waals surface area contributed by atoms with Crippen molar-refractivity contribution in [1.82, 2.24) is 4.98 Å². The van der Waals surface area contributed by atoms with Crippen LogP contribution < -0.4 is 11.1 Å². The minimum atomic E-state index is -1.08. The Morgan fingerprint density at radius 2 is 1.95 bits per heavy atom. The van der Waals surface area contributed by atoms with E-state index < -0.39 is 11.9 Å². The summed E-state index contributed by atoms with van der Waals surface area (Å²) in [6, 6.07) is 9.33. The Balaban J connectivity index is 2.23. The lowest BCUT2D eigenvalue weighted by Gasteiger charge is -2.08. The van der Waals surface area contributed by atoms with Crippen LogP contribution in [0.25, 0.3) is 0 Å². The number of anilines is 1. The van der Waals surface area contributed by atoms with Crippen LogP contribution in [0.2, 0.25) is 0 Å². The molecule has 1 aromatic heterocycles. The second-order valence-electron chi connectivity index (χ2n) is 4.55. The molecule has 0 aliphatic carbocycles. The van der Waals surface area contributed by atoms with Gasteiger partial charge in [-0.3, -0.25) is 4.79 Å². The summed E-state index contributed by atoms with van der Waals surface area (Å²) < 4.78 is 0. The molecular weight excluding hydrogens is 270 g/mol. The molecule has 2 rings (SSSR count). The predicted molar refractivity (Wildman–Crippen MR) is 78.2 cm³/mol. The van der Waals surface area contributed by atoms with Crippen LogP contribution in [0.1, 0.15) is 32.0 Å². The molecule has 108 valence electrons. The van der Waals surface area contributed by atoms with Crippen LogP contribution in [-0.2, 0) is 6.54 Å². The highest BCUT2D eigenvalue weighted by Crippen LogP contribution is 2.12. The number of pyridine rings is 1. The fourth-order valence-corrected chi connectivity index (χ4v) is 1.90. The van der Waals surface area contributed by atoms with Crippen LogP contribution in [0.3, 0.4) is 0 Å². The minimum absolute atomic E-state index is 0.0579. The second-order valence-corrected chi connectivity index (χ2v) is 4.55. The summed E-state index contributed by atoms with van der Waals surface area (Å²) in [7, 11) is 0. The Kier molecular flexibility index (Phi) is 4.30. The van der Waals surface area contributed by atoms with Gasteiger partial charge in [-0.05, 0) is 42.8 Å². The monoisotopic (exact) mass is 285 g/mol. The molecule has 0 bridgehead atoms. The van der Waals surface area contributed by atoms with Crippen molar-refractivity contribution in [3.8, 4) is 0 Å². The molecule has 0 radical (unpaired) electrons. The molecule has 0 atom stereocenters. The molecule has 2 aromatic rings. The van der Waals surface area contributed by atoms with E-state index in [-0.39, 0.29) is 11.1 Å². The highest BCUT2D eigenvalue weighted by atomic mass is 16.4. The van der Waals surface area contributed by atoms with Gasteiger partial charge in [-0.1, -0.05) is 6.07 Å². The third-order valence-electron chi connectivity index (χ3n) is 2.86. The highest BCUT2D eigenvalue weighted by Gasteiger charge is 2.10. The Hall–Kier alpha value is -2.73. The Morgan fingerprint density at radius 3 is 2.62 bits per heavy atom. The SMILES string of the molecule is Cc1cc(CN)cc(NC(=O)c2cccc(C(=O)O)c2)n1. The van der Waals surface area contributed by atoms with Crippen molar-refractivity contribution in [2.45, 2.75) is 13.5 Å². The number of nitrogens with two attached hydrogens (primary N) is 1. The molecule has 1 heterocycles. The number of amides is 1. The molecule has 1 aromatic carbocycles. The number of carboxylic acid groups (broad SMARTS) is 1. The molecule has 0 saturated carbocycles. The van der Waals surface area contributed by atoms with Gasteiger partial charge in [-0.25, -0.2) is 9.78 Å². The fourth-order valence-electron chi connectivity index (χ4n) is 1.90. The zero-order valence-electron chi connectivity index (χ0n) is 11.5. The Labute approximate surface area is 121 Å². The largest absolute Gasteiger partial charge is 0.478 e. The van der Waals surface area contributed by atoms with Gasteiger partial charge in [0.15, 0.2) is 0 Å². The number of carboxylic acids is 1. The van der Waals surface area contributed by atoms with E-state index >= 15 is 0 Å². The van der Waals surface area contributed by atoms with E-state index in [9.17, 15) is 9.59 Å². The van der Waals surface area contributed by atoms with Gasteiger partial charge in [0.25, 0.3) is 5.91 Å². The normalized spacial score (nSPS) is 10.2. The van der Waals surface area contributed by atoms with E-state index in [1.54, 1.807) is 19.1 Å². The minimum Gasteiger partial charge on any atom is -0.478 e. The van der Waals surface area contributed by atoms with Gasteiger partial charge in [0, 0.05) is 17.8 Å². The maximum Gasteiger partial charge on any atom is 0.335 e. The zero-order chi connectivity index (χ0) is 15.4. The van der Waals surface area contributed by atoms with Gasteiger partial charge in [0.2, 0.25) is 0 Å². The molecule has 1 amide bonds. The summed E-state index contributed by atoms with van der Waals surface area (Å²) in [6.07, 6.45) is 0. The first-order valence-electron chi connectivity index (χ1n) is 6.32. The quantitative estimate of drug-likeness (QED) is 0.794. The van der Waals surface area contributed by atoms with Crippen LogP contribution in [0.15, 0.2) is 36.4 Å². The number of benzene rings is 1. The van der Waals surface area contributed by atoms with E-state index in [0.717, 1.165) is 11.3 Å². The molecule has 0 spiro atoms. The Bertz CT molecular complexity index is 698. The maximum absolute atomic E-state index is 12.1. The third-order valence-corrected chi connectivity index (χ3v) is 2.86. The number of carbonyl (C=O) groups is 2. The van der Waals surface area contributed by atoms with Crippen molar-refractivity contribution in [3.05, 3.63) is 58.8 Å². The number of rotatable bonds is 4. The fraction of sp³-hybridized carbons (Fsp3) is 0.133. The lowest BCUT2D eigenvalue weighted by molar-refractivity contribution is 0.0697. The van der Waals surface area contributed by atoms with Crippen molar-refractivity contribution in [1.29, 1.82) is 0 Å². The first kappa shape index (κ1) is 14.7. The van der Waals surface area contributed by atoms with E-state index in [0.29, 0.717) is 12.4 Å². The van der Waals surface area contributed by atoms with E-state index in [1.165, 1.54) is 18.2 Å². The van der Waals surface area contributed by atoms with Gasteiger partial charge in [-0.2, -0.15) is 0 Å². The first-order valence-corrected chi connectivity index (χ1v) is 6.32. The average molecular weight is 285 g/mol. The summed E-state index contributed by atoms with van der Waals surface area (Å²) in [5, 5.41) is 11.6. The maximum atomic E-state index is 12.1. The van der Waals surface area contributed by atoms with Crippen LogP contribution in [0.4, 0.5) is 5.82 Å². The van der Waals surface area contributed by atoms with Crippen LogP contribution in [-0.4, -0.2) is 22.0 Å². The summed E-state index contributed by atoms with van der Waals surface area (Å²) >= 11 is 0. The molecule has 6 heteroatoms. The van der Waals surface area contributed by atoms with E-state index in [4.69, 9.17) is 10.8 Å². The second kappa shape index (κ2) is 6.15. The topological polar surface area (TPSA) is 105 Å². The van der Waals surface area contributed by atoms with Gasteiger partial charge >= 0.3 is 5.97 Å². The number of hydrogen-bond acceptors (Lipinski definition) is 4. The number of nitrogens with one attached hydrogen (secondary N) is 1. The molecular formula is C15H15N3O3. The molecule has 0 saturated heterocycles. The van der Waals surface area contributed by atoms with Gasteiger partial charge in [-0.15, -0.1) is 0 Å². The molecule has 4 N–H and O–H groups in total. The molecule has 0 fully saturated rings. The highest BCUT2D eigenvalue weighted by molar-refractivity contribution is 6.05.